The van der Waals surface area contributed by atoms with Crippen molar-refractivity contribution in [2.24, 2.45) is 0 Å². The molecule has 1 aromatic heterocycles. The summed E-state index contributed by atoms with van der Waals surface area (Å²) in [5.74, 6) is -0.426. The van der Waals surface area contributed by atoms with Crippen molar-refractivity contribution in [3.63, 3.8) is 0 Å². The van der Waals surface area contributed by atoms with Gasteiger partial charge in [0.15, 0.2) is 12.0 Å². The quantitative estimate of drug-likeness (QED) is 0.854. The van der Waals surface area contributed by atoms with Crippen LogP contribution in [0.25, 0.3) is 5.69 Å². The Hall–Kier alpha value is -2.54. The van der Waals surface area contributed by atoms with Crippen LogP contribution in [0.5, 0.6) is 0 Å². The van der Waals surface area contributed by atoms with E-state index in [1.807, 2.05) is 13.0 Å². The molecule has 0 spiro atoms. The summed E-state index contributed by atoms with van der Waals surface area (Å²) in [4.78, 5) is 27.7. The number of amides is 1. The van der Waals surface area contributed by atoms with E-state index in [0.717, 1.165) is 5.56 Å². The molecule has 2 aromatic rings. The lowest BCUT2D eigenvalue weighted by molar-refractivity contribution is -0.144. The molecule has 120 valence electrons. The van der Waals surface area contributed by atoms with E-state index in [0.29, 0.717) is 30.8 Å². The van der Waals surface area contributed by atoms with Crippen LogP contribution < -0.4 is 0 Å². The molecule has 1 aliphatic rings. The first-order valence-corrected chi connectivity index (χ1v) is 7.48. The molecule has 1 unspecified atom stereocenters. The number of carbonyl (C=O) groups excluding carboxylic acids is 2. The largest absolute Gasteiger partial charge is 0.351 e. The molecule has 3 rings (SSSR count). The second-order valence-electron chi connectivity index (χ2n) is 5.53. The van der Waals surface area contributed by atoms with Gasteiger partial charge < -0.3 is 9.64 Å². The highest BCUT2D eigenvalue weighted by Gasteiger charge is 2.32. The molecule has 1 fully saturated rings. The number of benzene rings is 1. The minimum atomic E-state index is -0.824. The zero-order valence-electron chi connectivity index (χ0n) is 13.1. The van der Waals surface area contributed by atoms with E-state index >= 15 is 0 Å². The highest BCUT2D eigenvalue weighted by molar-refractivity contribution is 6.00. The fourth-order valence-corrected chi connectivity index (χ4v) is 2.67. The number of hydrogen-bond acceptors (Lipinski definition) is 5. The molecule has 7 heteroatoms. The van der Waals surface area contributed by atoms with Crippen LogP contribution in [-0.4, -0.2) is 51.0 Å². The summed E-state index contributed by atoms with van der Waals surface area (Å²) in [5.41, 5.74) is 1.98. The molecule has 0 aliphatic carbocycles. The first-order valence-electron chi connectivity index (χ1n) is 7.48. The van der Waals surface area contributed by atoms with Gasteiger partial charge in [0.2, 0.25) is 0 Å². The maximum Gasteiger partial charge on any atom is 0.258 e. The molecule has 1 aromatic carbocycles. The number of aryl methyl sites for hydroxylation is 1. The van der Waals surface area contributed by atoms with Crippen LogP contribution in [-0.2, 0) is 9.53 Å². The Kier molecular flexibility index (Phi) is 4.20. The summed E-state index contributed by atoms with van der Waals surface area (Å²) in [7, 11) is 0. The van der Waals surface area contributed by atoms with E-state index < -0.39 is 6.23 Å². The summed E-state index contributed by atoms with van der Waals surface area (Å²) in [5, 5.41) is 8.19. The average Bonchev–Trinajstić information content (AvgIpc) is 3.08. The fraction of sp³-hybridized carbons (Fsp3) is 0.375. The van der Waals surface area contributed by atoms with Gasteiger partial charge in [0.25, 0.3) is 5.91 Å². The second kappa shape index (κ2) is 6.29. The summed E-state index contributed by atoms with van der Waals surface area (Å²) in [6.07, 6.45) is 2.99. The molecule has 1 amide bonds. The normalized spacial score (nSPS) is 18.0. The molecule has 0 radical (unpaired) electrons. The Morgan fingerprint density at radius 2 is 2.00 bits per heavy atom. The first kappa shape index (κ1) is 15.4. The Morgan fingerprint density at radius 3 is 2.70 bits per heavy atom. The van der Waals surface area contributed by atoms with Gasteiger partial charge in [-0.25, -0.2) is 0 Å². The number of carbonyl (C=O) groups is 2. The number of nitrogens with zero attached hydrogens (tertiary/aromatic N) is 4. The summed E-state index contributed by atoms with van der Waals surface area (Å²) >= 11 is 0. The van der Waals surface area contributed by atoms with Crippen LogP contribution in [0.1, 0.15) is 29.3 Å². The molecule has 7 nitrogen and oxygen atoms in total. The van der Waals surface area contributed by atoms with Crippen LogP contribution in [0, 0.1) is 6.92 Å². The van der Waals surface area contributed by atoms with Crippen molar-refractivity contribution < 1.29 is 14.3 Å². The fourth-order valence-electron chi connectivity index (χ4n) is 2.67. The second-order valence-corrected chi connectivity index (χ2v) is 5.53. The summed E-state index contributed by atoms with van der Waals surface area (Å²) in [6.45, 7) is 4.31. The van der Waals surface area contributed by atoms with Crippen molar-refractivity contribution in [2.45, 2.75) is 26.5 Å². The number of hydrogen-bond donors (Lipinski definition) is 0. The average molecular weight is 314 g/mol. The SMILES string of the molecule is CC(=O)C1OCCCN1C(=O)c1cc(C)ccc1-n1nccn1. The van der Waals surface area contributed by atoms with Gasteiger partial charge >= 0.3 is 0 Å². The van der Waals surface area contributed by atoms with E-state index in [4.69, 9.17) is 4.74 Å². The Bertz CT molecular complexity index is 727. The van der Waals surface area contributed by atoms with Gasteiger partial charge in [0.1, 0.15) is 0 Å². The van der Waals surface area contributed by atoms with Crippen molar-refractivity contribution >= 4 is 11.7 Å². The van der Waals surface area contributed by atoms with E-state index in [1.165, 1.54) is 16.6 Å². The van der Waals surface area contributed by atoms with Gasteiger partial charge in [-0.1, -0.05) is 11.6 Å². The maximum atomic E-state index is 13.0. The number of ketones is 1. The standard InChI is InChI=1S/C16H18N4O3/c1-11-4-5-14(20-17-6-7-18-20)13(10-11)15(22)19-8-3-9-23-16(19)12(2)21/h4-7,10,16H,3,8-9H2,1-2H3. The van der Waals surface area contributed by atoms with Gasteiger partial charge in [-0.05, 0) is 32.4 Å². The monoisotopic (exact) mass is 314 g/mol. The lowest BCUT2D eigenvalue weighted by atomic mass is 10.1. The lowest BCUT2D eigenvalue weighted by Gasteiger charge is -2.34. The van der Waals surface area contributed by atoms with Gasteiger partial charge in [-0.3, -0.25) is 9.59 Å². The lowest BCUT2D eigenvalue weighted by Crippen LogP contribution is -2.50. The van der Waals surface area contributed by atoms with Crippen molar-refractivity contribution in [3.05, 3.63) is 41.7 Å². The van der Waals surface area contributed by atoms with Crippen molar-refractivity contribution in [3.8, 4) is 5.69 Å². The Balaban J connectivity index is 2.01. The molecule has 1 aliphatic heterocycles. The van der Waals surface area contributed by atoms with E-state index in [-0.39, 0.29) is 11.7 Å². The minimum Gasteiger partial charge on any atom is -0.351 e. The topological polar surface area (TPSA) is 77.3 Å². The van der Waals surface area contributed by atoms with Gasteiger partial charge in [-0.15, -0.1) is 0 Å². The van der Waals surface area contributed by atoms with Crippen molar-refractivity contribution in [2.75, 3.05) is 13.2 Å². The summed E-state index contributed by atoms with van der Waals surface area (Å²) in [6, 6.07) is 5.48. The highest BCUT2D eigenvalue weighted by Crippen LogP contribution is 2.21. The third-order valence-corrected chi connectivity index (χ3v) is 3.73. The molecule has 2 heterocycles. The van der Waals surface area contributed by atoms with Crippen molar-refractivity contribution in [1.29, 1.82) is 0 Å². The van der Waals surface area contributed by atoms with E-state index in [2.05, 4.69) is 10.2 Å². The van der Waals surface area contributed by atoms with Gasteiger partial charge in [0, 0.05) is 6.54 Å². The van der Waals surface area contributed by atoms with Crippen LogP contribution in [0.3, 0.4) is 0 Å². The maximum absolute atomic E-state index is 13.0. The van der Waals surface area contributed by atoms with Crippen LogP contribution >= 0.6 is 0 Å². The first-order chi connectivity index (χ1) is 11.1. The Morgan fingerprint density at radius 1 is 1.26 bits per heavy atom. The molecule has 1 atom stereocenters. The smallest absolute Gasteiger partial charge is 0.258 e. The predicted octanol–water partition coefficient (Wildman–Crippen LogP) is 1.35. The molecule has 0 bridgehead atoms. The third kappa shape index (κ3) is 3.00. The van der Waals surface area contributed by atoms with Crippen LogP contribution in [0.4, 0.5) is 0 Å². The zero-order chi connectivity index (χ0) is 16.4. The molecule has 23 heavy (non-hydrogen) atoms. The predicted molar refractivity (Wildman–Crippen MR) is 82.2 cm³/mol. The van der Waals surface area contributed by atoms with E-state index in [1.54, 1.807) is 24.5 Å². The molecule has 0 saturated carbocycles. The molecular formula is C16H18N4O3. The van der Waals surface area contributed by atoms with Crippen molar-refractivity contribution in [1.82, 2.24) is 19.9 Å². The summed E-state index contributed by atoms with van der Waals surface area (Å²) < 4.78 is 5.47. The Labute approximate surface area is 133 Å². The number of ether oxygens (including phenoxy) is 1. The minimum absolute atomic E-state index is 0.176. The molecule has 0 N–H and O–H groups in total. The molecular weight excluding hydrogens is 296 g/mol. The number of aromatic nitrogens is 3. The highest BCUT2D eigenvalue weighted by atomic mass is 16.5. The number of rotatable bonds is 3. The van der Waals surface area contributed by atoms with Gasteiger partial charge in [-0.2, -0.15) is 15.0 Å². The van der Waals surface area contributed by atoms with Gasteiger partial charge in [0.05, 0.1) is 30.3 Å². The molecule has 1 saturated heterocycles. The van der Waals surface area contributed by atoms with Crippen LogP contribution in [0.15, 0.2) is 30.6 Å². The van der Waals surface area contributed by atoms with Crippen LogP contribution in [0.2, 0.25) is 0 Å². The number of Topliss-reactive ketones (excluding diaryl/α,β-unsaturated/α-hetero) is 1. The zero-order valence-corrected chi connectivity index (χ0v) is 13.1. The van der Waals surface area contributed by atoms with E-state index in [9.17, 15) is 9.59 Å². The third-order valence-electron chi connectivity index (χ3n) is 3.73.